The van der Waals surface area contributed by atoms with Crippen LogP contribution in [0.3, 0.4) is 0 Å². The molecule has 0 bridgehead atoms. The number of nitrogens with zero attached hydrogens (tertiary/aromatic N) is 2. The molecular formula is C20H24ClN3O4S. The Labute approximate surface area is 176 Å². The minimum absolute atomic E-state index is 0.0419. The summed E-state index contributed by atoms with van der Waals surface area (Å²) in [5.74, 6) is -0.588. The van der Waals surface area contributed by atoms with Crippen LogP contribution >= 0.6 is 11.6 Å². The van der Waals surface area contributed by atoms with Crippen molar-refractivity contribution < 1.29 is 17.9 Å². The summed E-state index contributed by atoms with van der Waals surface area (Å²) < 4.78 is 33.7. The largest absolute Gasteiger partial charge is 0.465 e. The first-order valence-corrected chi connectivity index (χ1v) is 11.2. The first-order chi connectivity index (χ1) is 13.8. The molecule has 0 aliphatic carbocycles. The van der Waals surface area contributed by atoms with Gasteiger partial charge < -0.3 is 14.5 Å². The molecule has 1 aliphatic heterocycles. The SMILES string of the molecule is CCN1CCN(c2ccc(C(=O)OC)cc2S(=O)(=O)Nc2ccc(Cl)cc2)CC1. The molecule has 29 heavy (non-hydrogen) atoms. The van der Waals surface area contributed by atoms with Crippen LogP contribution in [-0.2, 0) is 14.8 Å². The summed E-state index contributed by atoms with van der Waals surface area (Å²) in [6, 6.07) is 11.0. The quantitative estimate of drug-likeness (QED) is 0.700. The monoisotopic (exact) mass is 437 g/mol. The molecule has 1 aliphatic rings. The first-order valence-electron chi connectivity index (χ1n) is 9.32. The molecule has 0 saturated carbocycles. The Morgan fingerprint density at radius 3 is 2.34 bits per heavy atom. The number of rotatable bonds is 6. The van der Waals surface area contributed by atoms with Crippen LogP contribution in [-0.4, -0.2) is 59.1 Å². The fourth-order valence-corrected chi connectivity index (χ4v) is 4.71. The normalized spacial score (nSPS) is 15.2. The molecule has 0 radical (unpaired) electrons. The number of hydrogen-bond donors (Lipinski definition) is 1. The van der Waals surface area contributed by atoms with Gasteiger partial charge in [-0.15, -0.1) is 0 Å². The Hall–Kier alpha value is -2.29. The van der Waals surface area contributed by atoms with Crippen molar-refractivity contribution in [2.24, 2.45) is 0 Å². The average Bonchev–Trinajstić information content (AvgIpc) is 2.74. The number of methoxy groups -OCH3 is 1. The number of carbonyl (C=O) groups is 1. The minimum Gasteiger partial charge on any atom is -0.465 e. The van der Waals surface area contributed by atoms with Crippen LogP contribution in [0, 0.1) is 0 Å². The number of ether oxygens (including phenoxy) is 1. The van der Waals surface area contributed by atoms with Crippen molar-refractivity contribution in [3.8, 4) is 0 Å². The molecule has 1 heterocycles. The van der Waals surface area contributed by atoms with E-state index < -0.39 is 16.0 Å². The summed E-state index contributed by atoms with van der Waals surface area (Å²) in [6.45, 7) is 6.16. The van der Waals surface area contributed by atoms with Crippen LogP contribution in [0.25, 0.3) is 0 Å². The fourth-order valence-electron chi connectivity index (χ4n) is 3.27. The molecule has 0 amide bonds. The summed E-state index contributed by atoms with van der Waals surface area (Å²) in [7, 11) is -2.68. The smallest absolute Gasteiger partial charge is 0.337 e. The molecule has 0 unspecified atom stereocenters. The van der Waals surface area contributed by atoms with E-state index in [4.69, 9.17) is 16.3 Å². The zero-order valence-electron chi connectivity index (χ0n) is 16.4. The van der Waals surface area contributed by atoms with Gasteiger partial charge in [-0.25, -0.2) is 13.2 Å². The van der Waals surface area contributed by atoms with E-state index in [-0.39, 0.29) is 10.5 Å². The highest BCUT2D eigenvalue weighted by molar-refractivity contribution is 7.92. The van der Waals surface area contributed by atoms with Crippen molar-refractivity contribution in [3.63, 3.8) is 0 Å². The number of likely N-dealkylation sites (N-methyl/N-ethyl adjacent to an activating group) is 1. The lowest BCUT2D eigenvalue weighted by atomic mass is 10.1. The topological polar surface area (TPSA) is 79.0 Å². The Balaban J connectivity index is 1.99. The summed E-state index contributed by atoms with van der Waals surface area (Å²) in [4.78, 5) is 16.4. The molecule has 9 heteroatoms. The van der Waals surface area contributed by atoms with Crippen LogP contribution < -0.4 is 9.62 Å². The Kier molecular flexibility index (Phi) is 6.66. The molecule has 1 N–H and O–H groups in total. The third-order valence-corrected chi connectivity index (χ3v) is 6.59. The van der Waals surface area contributed by atoms with E-state index in [1.54, 1.807) is 36.4 Å². The molecule has 7 nitrogen and oxygen atoms in total. The second kappa shape index (κ2) is 9.02. The van der Waals surface area contributed by atoms with Crippen molar-refractivity contribution >= 4 is 39.0 Å². The predicted octanol–water partition coefficient (Wildman–Crippen LogP) is 3.07. The predicted molar refractivity (Wildman–Crippen MR) is 114 cm³/mol. The van der Waals surface area contributed by atoms with Gasteiger partial charge in [0.15, 0.2) is 0 Å². The van der Waals surface area contributed by atoms with E-state index in [0.29, 0.717) is 29.5 Å². The van der Waals surface area contributed by atoms with Crippen LogP contribution in [0.5, 0.6) is 0 Å². The van der Waals surface area contributed by atoms with E-state index in [1.165, 1.54) is 13.2 Å². The highest BCUT2D eigenvalue weighted by Gasteiger charge is 2.26. The fraction of sp³-hybridized carbons (Fsp3) is 0.350. The van der Waals surface area contributed by atoms with Gasteiger partial charge in [-0.1, -0.05) is 18.5 Å². The molecule has 0 aromatic heterocycles. The number of carbonyl (C=O) groups excluding carboxylic acids is 1. The van der Waals surface area contributed by atoms with Gasteiger partial charge in [0.25, 0.3) is 10.0 Å². The van der Waals surface area contributed by atoms with E-state index in [2.05, 4.69) is 16.5 Å². The van der Waals surface area contributed by atoms with Gasteiger partial charge in [-0.05, 0) is 49.0 Å². The number of piperazine rings is 1. The van der Waals surface area contributed by atoms with Crippen molar-refractivity contribution in [2.75, 3.05) is 49.5 Å². The van der Waals surface area contributed by atoms with Crippen LogP contribution in [0.2, 0.25) is 5.02 Å². The number of hydrogen-bond acceptors (Lipinski definition) is 6. The van der Waals surface area contributed by atoms with Gasteiger partial charge in [0.2, 0.25) is 0 Å². The van der Waals surface area contributed by atoms with E-state index >= 15 is 0 Å². The summed E-state index contributed by atoms with van der Waals surface area (Å²) in [5.41, 5.74) is 1.13. The second-order valence-electron chi connectivity index (χ2n) is 6.71. The number of nitrogens with one attached hydrogen (secondary N) is 1. The Morgan fingerprint density at radius 1 is 1.10 bits per heavy atom. The molecule has 1 fully saturated rings. The van der Waals surface area contributed by atoms with E-state index in [9.17, 15) is 13.2 Å². The maximum Gasteiger partial charge on any atom is 0.337 e. The highest BCUT2D eigenvalue weighted by atomic mass is 35.5. The van der Waals surface area contributed by atoms with Gasteiger partial charge in [0.1, 0.15) is 4.90 Å². The Morgan fingerprint density at radius 2 is 1.76 bits per heavy atom. The number of esters is 1. The average molecular weight is 438 g/mol. The summed E-state index contributed by atoms with van der Waals surface area (Å²) in [6.07, 6.45) is 0. The molecule has 3 rings (SSSR count). The van der Waals surface area contributed by atoms with Crippen LogP contribution in [0.4, 0.5) is 11.4 Å². The van der Waals surface area contributed by atoms with E-state index in [0.717, 1.165) is 19.6 Å². The molecule has 1 saturated heterocycles. The molecule has 0 atom stereocenters. The lowest BCUT2D eigenvalue weighted by molar-refractivity contribution is 0.0600. The number of sulfonamides is 1. The second-order valence-corrected chi connectivity index (χ2v) is 8.80. The maximum atomic E-state index is 13.2. The van der Waals surface area contributed by atoms with Gasteiger partial charge >= 0.3 is 5.97 Å². The third-order valence-electron chi connectivity index (χ3n) is 4.93. The van der Waals surface area contributed by atoms with Gasteiger partial charge in [0, 0.05) is 36.9 Å². The Bertz CT molecular complexity index is 972. The molecule has 156 valence electrons. The maximum absolute atomic E-state index is 13.2. The molecule has 2 aromatic rings. The van der Waals surface area contributed by atoms with Crippen molar-refractivity contribution in [1.29, 1.82) is 0 Å². The van der Waals surface area contributed by atoms with Crippen LogP contribution in [0.15, 0.2) is 47.4 Å². The first kappa shape index (κ1) is 21.4. The standard InChI is InChI=1S/C20H24ClN3O4S/c1-3-23-10-12-24(13-11-23)18-9-4-15(20(25)28-2)14-19(18)29(26,27)22-17-7-5-16(21)6-8-17/h4-9,14,22H,3,10-13H2,1-2H3. The van der Waals surface area contributed by atoms with Gasteiger partial charge in [-0.2, -0.15) is 0 Å². The summed E-state index contributed by atoms with van der Waals surface area (Å²) >= 11 is 5.88. The molecule has 0 spiro atoms. The van der Waals surface area contributed by atoms with Crippen LogP contribution in [0.1, 0.15) is 17.3 Å². The van der Waals surface area contributed by atoms with Gasteiger partial charge in [-0.3, -0.25) is 4.72 Å². The van der Waals surface area contributed by atoms with Crippen molar-refractivity contribution in [1.82, 2.24) is 4.90 Å². The van der Waals surface area contributed by atoms with Crippen molar-refractivity contribution in [3.05, 3.63) is 53.1 Å². The number of anilines is 2. The minimum atomic E-state index is -3.95. The van der Waals surface area contributed by atoms with E-state index in [1.807, 2.05) is 4.90 Å². The summed E-state index contributed by atoms with van der Waals surface area (Å²) in [5, 5.41) is 0.509. The molecule has 2 aromatic carbocycles. The van der Waals surface area contributed by atoms with Gasteiger partial charge in [0.05, 0.1) is 18.4 Å². The van der Waals surface area contributed by atoms with Crippen molar-refractivity contribution in [2.45, 2.75) is 11.8 Å². The lowest BCUT2D eigenvalue weighted by Gasteiger charge is -2.36. The zero-order chi connectivity index (χ0) is 21.0. The third kappa shape index (κ3) is 5.01. The number of halogens is 1. The lowest BCUT2D eigenvalue weighted by Crippen LogP contribution is -2.46. The highest BCUT2D eigenvalue weighted by Crippen LogP contribution is 2.30. The number of benzene rings is 2. The zero-order valence-corrected chi connectivity index (χ0v) is 18.0. The molecular weight excluding hydrogens is 414 g/mol.